The molecule has 0 unspecified atom stereocenters. The molecule has 0 aliphatic carbocycles. The van der Waals surface area contributed by atoms with Crippen molar-refractivity contribution in [3.05, 3.63) is 28.8 Å². The summed E-state index contributed by atoms with van der Waals surface area (Å²) in [5.41, 5.74) is 7.20. The molecule has 0 atom stereocenters. The average molecular weight is 197 g/mol. The van der Waals surface area contributed by atoms with Gasteiger partial charge in [0.05, 0.1) is 5.02 Å². The standard InChI is InChI=1S/C10H13ClN2/c1-7(2)13-6-8-9(11)4-3-5-10(8)12/h3-7H,12H2,1-2H3. The van der Waals surface area contributed by atoms with E-state index in [-0.39, 0.29) is 6.04 Å². The molecular weight excluding hydrogens is 184 g/mol. The second kappa shape index (κ2) is 4.28. The van der Waals surface area contributed by atoms with Crippen LogP contribution in [-0.2, 0) is 0 Å². The number of nitrogen functional groups attached to an aromatic ring is 1. The van der Waals surface area contributed by atoms with Crippen molar-refractivity contribution in [3.63, 3.8) is 0 Å². The lowest BCUT2D eigenvalue weighted by atomic mass is 10.2. The van der Waals surface area contributed by atoms with Crippen molar-refractivity contribution in [1.29, 1.82) is 0 Å². The van der Waals surface area contributed by atoms with Crippen LogP contribution in [0.4, 0.5) is 5.69 Å². The molecule has 1 aromatic rings. The van der Waals surface area contributed by atoms with Crippen molar-refractivity contribution in [2.24, 2.45) is 4.99 Å². The first-order chi connectivity index (χ1) is 6.11. The highest BCUT2D eigenvalue weighted by atomic mass is 35.5. The normalized spacial score (nSPS) is 11.4. The van der Waals surface area contributed by atoms with Crippen LogP contribution in [-0.4, -0.2) is 12.3 Å². The van der Waals surface area contributed by atoms with Gasteiger partial charge in [-0.3, -0.25) is 4.99 Å². The fourth-order valence-corrected chi connectivity index (χ4v) is 1.14. The highest BCUT2D eigenvalue weighted by Gasteiger charge is 2.00. The quantitative estimate of drug-likeness (QED) is 0.573. The summed E-state index contributed by atoms with van der Waals surface area (Å²) >= 11 is 5.94. The summed E-state index contributed by atoms with van der Waals surface area (Å²) in [6.07, 6.45) is 1.72. The second-order valence-electron chi connectivity index (χ2n) is 3.11. The average Bonchev–Trinajstić information content (AvgIpc) is 2.03. The topological polar surface area (TPSA) is 38.4 Å². The Hall–Kier alpha value is -1.02. The van der Waals surface area contributed by atoms with Crippen LogP contribution in [0.15, 0.2) is 23.2 Å². The Balaban J connectivity index is 3.00. The molecule has 0 fully saturated rings. The van der Waals surface area contributed by atoms with E-state index in [1.54, 1.807) is 12.3 Å². The summed E-state index contributed by atoms with van der Waals surface area (Å²) in [4.78, 5) is 4.23. The Bertz CT molecular complexity index is 298. The third kappa shape index (κ3) is 2.74. The molecule has 2 N–H and O–H groups in total. The molecular formula is C10H13ClN2. The fourth-order valence-electron chi connectivity index (χ4n) is 0.914. The molecule has 0 aliphatic rings. The molecule has 70 valence electrons. The minimum atomic E-state index is 0.260. The predicted octanol–water partition coefficient (Wildman–Crippen LogP) is 2.75. The van der Waals surface area contributed by atoms with Gasteiger partial charge in [-0.2, -0.15) is 0 Å². The third-order valence-corrected chi connectivity index (χ3v) is 1.92. The van der Waals surface area contributed by atoms with E-state index in [2.05, 4.69) is 4.99 Å². The number of rotatable bonds is 2. The van der Waals surface area contributed by atoms with Crippen molar-refractivity contribution >= 4 is 23.5 Å². The molecule has 0 spiro atoms. The van der Waals surface area contributed by atoms with Crippen molar-refractivity contribution < 1.29 is 0 Å². The second-order valence-corrected chi connectivity index (χ2v) is 3.52. The molecule has 0 aromatic heterocycles. The molecule has 0 amide bonds. The van der Waals surface area contributed by atoms with Crippen LogP contribution in [0.1, 0.15) is 19.4 Å². The molecule has 0 saturated carbocycles. The molecule has 0 heterocycles. The molecule has 1 rings (SSSR count). The maximum absolute atomic E-state index is 5.94. The minimum Gasteiger partial charge on any atom is -0.398 e. The lowest BCUT2D eigenvalue weighted by molar-refractivity contribution is 0.841. The minimum absolute atomic E-state index is 0.260. The van der Waals surface area contributed by atoms with E-state index in [4.69, 9.17) is 17.3 Å². The molecule has 3 heteroatoms. The van der Waals surface area contributed by atoms with E-state index in [1.165, 1.54) is 0 Å². The number of benzene rings is 1. The summed E-state index contributed by atoms with van der Waals surface area (Å²) in [5.74, 6) is 0. The zero-order valence-electron chi connectivity index (χ0n) is 7.79. The molecule has 2 nitrogen and oxygen atoms in total. The van der Waals surface area contributed by atoms with Crippen LogP contribution < -0.4 is 5.73 Å². The highest BCUT2D eigenvalue weighted by molar-refractivity contribution is 6.33. The maximum Gasteiger partial charge on any atom is 0.0514 e. The van der Waals surface area contributed by atoms with Crippen molar-refractivity contribution in [1.82, 2.24) is 0 Å². The zero-order chi connectivity index (χ0) is 9.84. The summed E-state index contributed by atoms with van der Waals surface area (Å²) < 4.78 is 0. The lowest BCUT2D eigenvalue weighted by Gasteiger charge is -2.02. The fraction of sp³-hybridized carbons (Fsp3) is 0.300. The van der Waals surface area contributed by atoms with Gasteiger partial charge in [0, 0.05) is 23.5 Å². The van der Waals surface area contributed by atoms with Crippen LogP contribution in [0.5, 0.6) is 0 Å². The van der Waals surface area contributed by atoms with Gasteiger partial charge in [-0.15, -0.1) is 0 Å². The van der Waals surface area contributed by atoms with E-state index < -0.39 is 0 Å². The van der Waals surface area contributed by atoms with Crippen LogP contribution in [0.25, 0.3) is 0 Å². The Morgan fingerprint density at radius 2 is 2.15 bits per heavy atom. The highest BCUT2D eigenvalue weighted by Crippen LogP contribution is 2.19. The zero-order valence-corrected chi connectivity index (χ0v) is 8.55. The Kier molecular flexibility index (Phi) is 3.32. The van der Waals surface area contributed by atoms with E-state index >= 15 is 0 Å². The van der Waals surface area contributed by atoms with Crippen LogP contribution >= 0.6 is 11.6 Å². The number of hydrogen-bond acceptors (Lipinski definition) is 2. The van der Waals surface area contributed by atoms with Crippen LogP contribution in [0, 0.1) is 0 Å². The van der Waals surface area contributed by atoms with Gasteiger partial charge in [-0.25, -0.2) is 0 Å². The van der Waals surface area contributed by atoms with Gasteiger partial charge in [0.2, 0.25) is 0 Å². The van der Waals surface area contributed by atoms with Gasteiger partial charge in [0.25, 0.3) is 0 Å². The van der Waals surface area contributed by atoms with Gasteiger partial charge in [-0.05, 0) is 26.0 Å². The number of nitrogens with zero attached hydrogens (tertiary/aromatic N) is 1. The van der Waals surface area contributed by atoms with Crippen LogP contribution in [0.3, 0.4) is 0 Å². The molecule has 13 heavy (non-hydrogen) atoms. The molecule has 0 radical (unpaired) electrons. The Labute approximate surface area is 83.4 Å². The number of nitrogens with two attached hydrogens (primary N) is 1. The molecule has 0 bridgehead atoms. The number of anilines is 1. The van der Waals surface area contributed by atoms with Gasteiger partial charge in [0.15, 0.2) is 0 Å². The van der Waals surface area contributed by atoms with Crippen LogP contribution in [0.2, 0.25) is 5.02 Å². The SMILES string of the molecule is CC(C)N=Cc1c(N)cccc1Cl. The summed E-state index contributed by atoms with van der Waals surface area (Å²) in [6, 6.07) is 5.70. The predicted molar refractivity (Wildman–Crippen MR) is 58.6 cm³/mol. The van der Waals surface area contributed by atoms with Gasteiger partial charge in [-0.1, -0.05) is 17.7 Å². The van der Waals surface area contributed by atoms with E-state index in [1.807, 2.05) is 26.0 Å². The number of aliphatic imine (C=N–C) groups is 1. The number of hydrogen-bond donors (Lipinski definition) is 1. The molecule has 0 aliphatic heterocycles. The first-order valence-corrected chi connectivity index (χ1v) is 4.56. The Morgan fingerprint density at radius 1 is 1.46 bits per heavy atom. The van der Waals surface area contributed by atoms with Gasteiger partial charge < -0.3 is 5.73 Å². The maximum atomic E-state index is 5.94. The van der Waals surface area contributed by atoms with Gasteiger partial charge >= 0.3 is 0 Å². The van der Waals surface area contributed by atoms with Gasteiger partial charge in [0.1, 0.15) is 0 Å². The molecule has 1 aromatic carbocycles. The number of halogens is 1. The van der Waals surface area contributed by atoms with E-state index in [0.29, 0.717) is 10.7 Å². The van der Waals surface area contributed by atoms with E-state index in [9.17, 15) is 0 Å². The van der Waals surface area contributed by atoms with E-state index in [0.717, 1.165) is 5.56 Å². The lowest BCUT2D eigenvalue weighted by Crippen LogP contribution is -1.96. The Morgan fingerprint density at radius 3 is 2.69 bits per heavy atom. The smallest absolute Gasteiger partial charge is 0.0514 e. The van der Waals surface area contributed by atoms with Crippen molar-refractivity contribution in [2.45, 2.75) is 19.9 Å². The summed E-state index contributed by atoms with van der Waals surface area (Å²) in [5, 5.41) is 0.643. The third-order valence-electron chi connectivity index (χ3n) is 1.59. The summed E-state index contributed by atoms with van der Waals surface area (Å²) in [6.45, 7) is 4.01. The monoisotopic (exact) mass is 196 g/mol. The van der Waals surface area contributed by atoms with Crippen molar-refractivity contribution in [3.8, 4) is 0 Å². The first kappa shape index (κ1) is 10.1. The van der Waals surface area contributed by atoms with Crippen molar-refractivity contribution in [2.75, 3.05) is 5.73 Å². The molecule has 0 saturated heterocycles. The largest absolute Gasteiger partial charge is 0.398 e. The summed E-state index contributed by atoms with van der Waals surface area (Å²) in [7, 11) is 0. The first-order valence-electron chi connectivity index (χ1n) is 4.18.